The van der Waals surface area contributed by atoms with Gasteiger partial charge in [-0.1, -0.05) is 13.3 Å². The van der Waals surface area contributed by atoms with Gasteiger partial charge in [-0.3, -0.25) is 0 Å². The van der Waals surface area contributed by atoms with Gasteiger partial charge in [-0.05, 0) is 26.3 Å². The second-order valence-corrected chi connectivity index (χ2v) is 3.59. The number of aromatic nitrogens is 1. The van der Waals surface area contributed by atoms with Gasteiger partial charge in [0.15, 0.2) is 0 Å². The van der Waals surface area contributed by atoms with Crippen molar-refractivity contribution >= 4 is 0 Å². The third kappa shape index (κ3) is 3.13. The molecule has 2 heteroatoms. The third-order valence-corrected chi connectivity index (χ3v) is 2.05. The maximum Gasteiger partial charge on any atom is 0.136 e. The quantitative estimate of drug-likeness (QED) is 0.636. The Labute approximate surface area is 80.5 Å². The van der Waals surface area contributed by atoms with Gasteiger partial charge < -0.3 is 9.30 Å². The van der Waals surface area contributed by atoms with E-state index in [0.717, 1.165) is 18.8 Å². The highest BCUT2D eigenvalue weighted by Gasteiger charge is 1.99. The molecular weight excluding hydrogens is 162 g/mol. The summed E-state index contributed by atoms with van der Waals surface area (Å²) in [6, 6.07) is 2.54. The number of rotatable bonds is 5. The van der Waals surface area contributed by atoms with Crippen molar-refractivity contribution in [2.45, 2.75) is 39.7 Å². The van der Waals surface area contributed by atoms with E-state index in [1.54, 1.807) is 0 Å². The number of hydrogen-bond acceptors (Lipinski definition) is 1. The Morgan fingerprint density at radius 3 is 2.77 bits per heavy atom. The molecule has 2 nitrogen and oxygen atoms in total. The van der Waals surface area contributed by atoms with Crippen LogP contribution in [-0.2, 0) is 0 Å². The molecule has 0 atom stereocenters. The van der Waals surface area contributed by atoms with Crippen molar-refractivity contribution in [1.29, 1.82) is 0 Å². The number of ether oxygens (including phenoxy) is 1. The van der Waals surface area contributed by atoms with Crippen LogP contribution in [0.3, 0.4) is 0 Å². The lowest BCUT2D eigenvalue weighted by molar-refractivity contribution is 0.308. The van der Waals surface area contributed by atoms with E-state index in [4.69, 9.17) is 4.74 Å². The molecule has 13 heavy (non-hydrogen) atoms. The zero-order valence-corrected chi connectivity index (χ0v) is 8.79. The van der Waals surface area contributed by atoms with Crippen LogP contribution in [0.15, 0.2) is 18.5 Å². The lowest BCUT2D eigenvalue weighted by Crippen LogP contribution is -1.97. The Hall–Kier alpha value is -0.920. The molecule has 0 aliphatic carbocycles. The van der Waals surface area contributed by atoms with Gasteiger partial charge in [0.1, 0.15) is 5.75 Å². The average molecular weight is 181 g/mol. The smallest absolute Gasteiger partial charge is 0.136 e. The highest BCUT2D eigenvalue weighted by atomic mass is 16.5. The van der Waals surface area contributed by atoms with Gasteiger partial charge in [0.05, 0.1) is 6.61 Å². The van der Waals surface area contributed by atoms with Crippen molar-refractivity contribution in [2.24, 2.45) is 0 Å². The first-order valence-corrected chi connectivity index (χ1v) is 5.04. The van der Waals surface area contributed by atoms with Crippen LogP contribution in [0, 0.1) is 0 Å². The Balaban J connectivity index is 2.40. The highest BCUT2D eigenvalue weighted by Crippen LogP contribution is 2.15. The van der Waals surface area contributed by atoms with Crippen molar-refractivity contribution in [2.75, 3.05) is 6.61 Å². The third-order valence-electron chi connectivity index (χ3n) is 2.05. The average Bonchev–Trinajstić information content (AvgIpc) is 2.53. The summed E-state index contributed by atoms with van der Waals surface area (Å²) in [5.41, 5.74) is 0. The molecule has 0 aliphatic rings. The van der Waals surface area contributed by atoms with Crippen LogP contribution in [0.2, 0.25) is 0 Å². The summed E-state index contributed by atoms with van der Waals surface area (Å²) in [6.45, 7) is 7.33. The van der Waals surface area contributed by atoms with E-state index in [2.05, 4.69) is 37.7 Å². The summed E-state index contributed by atoms with van der Waals surface area (Å²) in [7, 11) is 0. The van der Waals surface area contributed by atoms with E-state index < -0.39 is 0 Å². The Morgan fingerprint density at radius 1 is 1.46 bits per heavy atom. The minimum Gasteiger partial charge on any atom is -0.492 e. The van der Waals surface area contributed by atoms with Gasteiger partial charge in [-0.15, -0.1) is 0 Å². The molecule has 0 unspecified atom stereocenters. The van der Waals surface area contributed by atoms with Crippen LogP contribution in [0.1, 0.15) is 39.7 Å². The fourth-order valence-corrected chi connectivity index (χ4v) is 1.13. The lowest BCUT2D eigenvalue weighted by atomic mass is 10.4. The van der Waals surface area contributed by atoms with Gasteiger partial charge in [0, 0.05) is 18.4 Å². The lowest BCUT2D eigenvalue weighted by Gasteiger charge is -2.05. The second-order valence-electron chi connectivity index (χ2n) is 3.59. The summed E-state index contributed by atoms with van der Waals surface area (Å²) in [5.74, 6) is 0.988. The number of unbranched alkanes of at least 4 members (excludes halogenated alkanes) is 1. The molecule has 0 amide bonds. The largest absolute Gasteiger partial charge is 0.492 e. The standard InChI is InChI=1S/C11H19NO/c1-4-5-8-13-11-6-7-12(9-11)10(2)3/h6-7,9-10H,4-5,8H2,1-3H3. The fourth-order valence-electron chi connectivity index (χ4n) is 1.13. The summed E-state index contributed by atoms with van der Waals surface area (Å²) in [4.78, 5) is 0. The molecule has 1 rings (SSSR count). The van der Waals surface area contributed by atoms with Crippen molar-refractivity contribution in [1.82, 2.24) is 4.57 Å². The fraction of sp³-hybridized carbons (Fsp3) is 0.636. The zero-order chi connectivity index (χ0) is 9.68. The van der Waals surface area contributed by atoms with Gasteiger partial charge in [0.2, 0.25) is 0 Å². The molecule has 0 bridgehead atoms. The van der Waals surface area contributed by atoms with Crippen LogP contribution >= 0.6 is 0 Å². The molecule has 1 aromatic rings. The first-order valence-electron chi connectivity index (χ1n) is 5.04. The predicted molar refractivity (Wildman–Crippen MR) is 55.2 cm³/mol. The molecule has 0 aliphatic heterocycles. The van der Waals surface area contributed by atoms with Crippen molar-refractivity contribution in [3.63, 3.8) is 0 Å². The Kier molecular flexibility index (Phi) is 3.87. The van der Waals surface area contributed by atoms with Gasteiger partial charge in [-0.2, -0.15) is 0 Å². The van der Waals surface area contributed by atoms with Gasteiger partial charge in [0.25, 0.3) is 0 Å². The molecule has 0 spiro atoms. The molecular formula is C11H19NO. The normalized spacial score (nSPS) is 10.8. The van der Waals surface area contributed by atoms with Crippen LogP contribution in [0.25, 0.3) is 0 Å². The van der Waals surface area contributed by atoms with Crippen LogP contribution < -0.4 is 4.74 Å². The minimum atomic E-state index is 0.517. The topological polar surface area (TPSA) is 14.2 Å². The molecule has 74 valence electrons. The van der Waals surface area contributed by atoms with Gasteiger partial charge >= 0.3 is 0 Å². The molecule has 0 saturated heterocycles. The molecule has 1 aromatic heterocycles. The Morgan fingerprint density at radius 2 is 2.23 bits per heavy atom. The Bertz CT molecular complexity index is 240. The molecule has 0 saturated carbocycles. The van der Waals surface area contributed by atoms with Crippen LogP contribution in [-0.4, -0.2) is 11.2 Å². The minimum absolute atomic E-state index is 0.517. The van der Waals surface area contributed by atoms with E-state index >= 15 is 0 Å². The number of hydrogen-bond donors (Lipinski definition) is 0. The number of nitrogens with zero attached hydrogens (tertiary/aromatic N) is 1. The SMILES string of the molecule is CCCCOc1ccn(C(C)C)c1. The summed E-state index contributed by atoms with van der Waals surface area (Å²) in [6.07, 6.45) is 6.43. The first kappa shape index (κ1) is 10.2. The van der Waals surface area contributed by atoms with E-state index in [0.29, 0.717) is 6.04 Å². The van der Waals surface area contributed by atoms with E-state index in [9.17, 15) is 0 Å². The predicted octanol–water partition coefficient (Wildman–Crippen LogP) is 3.25. The summed E-state index contributed by atoms with van der Waals surface area (Å²) < 4.78 is 7.71. The van der Waals surface area contributed by atoms with E-state index in [-0.39, 0.29) is 0 Å². The van der Waals surface area contributed by atoms with Crippen LogP contribution in [0.4, 0.5) is 0 Å². The van der Waals surface area contributed by atoms with E-state index in [1.807, 2.05) is 6.07 Å². The second kappa shape index (κ2) is 4.95. The molecule has 0 radical (unpaired) electrons. The summed E-state index contributed by atoms with van der Waals surface area (Å²) >= 11 is 0. The molecule has 0 fully saturated rings. The van der Waals surface area contributed by atoms with Crippen molar-refractivity contribution in [3.05, 3.63) is 18.5 Å². The van der Waals surface area contributed by atoms with Crippen molar-refractivity contribution in [3.8, 4) is 5.75 Å². The maximum atomic E-state index is 5.56. The molecule has 1 heterocycles. The highest BCUT2D eigenvalue weighted by molar-refractivity contribution is 5.17. The summed E-state index contributed by atoms with van der Waals surface area (Å²) in [5, 5.41) is 0. The van der Waals surface area contributed by atoms with Gasteiger partial charge in [-0.25, -0.2) is 0 Å². The first-order chi connectivity index (χ1) is 6.24. The van der Waals surface area contributed by atoms with E-state index in [1.165, 1.54) is 6.42 Å². The van der Waals surface area contributed by atoms with Crippen LogP contribution in [0.5, 0.6) is 5.75 Å². The zero-order valence-electron chi connectivity index (χ0n) is 8.79. The monoisotopic (exact) mass is 181 g/mol. The molecule has 0 N–H and O–H groups in total. The maximum absolute atomic E-state index is 5.56. The van der Waals surface area contributed by atoms with Crippen molar-refractivity contribution < 1.29 is 4.74 Å². The molecule has 0 aromatic carbocycles.